The molecule has 0 saturated heterocycles. The van der Waals surface area contributed by atoms with E-state index in [-0.39, 0.29) is 12.4 Å². The van der Waals surface area contributed by atoms with Crippen LogP contribution in [0.15, 0.2) is 24.3 Å². The van der Waals surface area contributed by atoms with Gasteiger partial charge < -0.3 is 15.7 Å². The SMILES string of the molecule is CCN(CCC1CCCC1(N)CO)c1cccc(F)c1. The summed E-state index contributed by atoms with van der Waals surface area (Å²) in [4.78, 5) is 2.17. The van der Waals surface area contributed by atoms with Gasteiger partial charge in [-0.3, -0.25) is 0 Å². The Hall–Kier alpha value is -1.13. The lowest BCUT2D eigenvalue weighted by molar-refractivity contribution is 0.156. The van der Waals surface area contributed by atoms with E-state index in [1.54, 1.807) is 12.1 Å². The summed E-state index contributed by atoms with van der Waals surface area (Å²) in [5.41, 5.74) is 6.76. The summed E-state index contributed by atoms with van der Waals surface area (Å²) < 4.78 is 13.3. The van der Waals surface area contributed by atoms with Gasteiger partial charge in [0.2, 0.25) is 0 Å². The summed E-state index contributed by atoms with van der Waals surface area (Å²) >= 11 is 0. The molecule has 0 spiro atoms. The Labute approximate surface area is 120 Å². The van der Waals surface area contributed by atoms with Gasteiger partial charge in [0.1, 0.15) is 5.82 Å². The lowest BCUT2D eigenvalue weighted by Gasteiger charge is -2.32. The van der Waals surface area contributed by atoms with Crippen molar-refractivity contribution in [3.8, 4) is 0 Å². The molecule has 2 atom stereocenters. The van der Waals surface area contributed by atoms with Gasteiger partial charge in [0.25, 0.3) is 0 Å². The molecule has 1 aliphatic carbocycles. The van der Waals surface area contributed by atoms with E-state index in [0.29, 0.717) is 5.92 Å². The van der Waals surface area contributed by atoms with E-state index >= 15 is 0 Å². The average molecular weight is 280 g/mol. The highest BCUT2D eigenvalue weighted by Gasteiger charge is 2.38. The van der Waals surface area contributed by atoms with Crippen molar-refractivity contribution in [1.82, 2.24) is 0 Å². The second-order valence-corrected chi connectivity index (χ2v) is 5.83. The average Bonchev–Trinajstić information content (AvgIpc) is 2.82. The third kappa shape index (κ3) is 3.30. The molecule has 1 aromatic carbocycles. The minimum atomic E-state index is -0.415. The number of benzene rings is 1. The second kappa shape index (κ2) is 6.55. The monoisotopic (exact) mass is 280 g/mol. The molecular formula is C16H25FN2O. The smallest absolute Gasteiger partial charge is 0.125 e. The quantitative estimate of drug-likeness (QED) is 0.842. The predicted octanol–water partition coefficient (Wildman–Crippen LogP) is 2.53. The summed E-state index contributed by atoms with van der Waals surface area (Å²) in [7, 11) is 0. The van der Waals surface area contributed by atoms with Crippen LogP contribution in [0.25, 0.3) is 0 Å². The van der Waals surface area contributed by atoms with Crippen LogP contribution < -0.4 is 10.6 Å². The van der Waals surface area contributed by atoms with Crippen molar-refractivity contribution >= 4 is 5.69 Å². The van der Waals surface area contributed by atoms with E-state index in [1.807, 2.05) is 6.07 Å². The Balaban J connectivity index is 1.98. The van der Waals surface area contributed by atoms with Gasteiger partial charge in [0.05, 0.1) is 6.61 Å². The van der Waals surface area contributed by atoms with E-state index in [0.717, 1.165) is 44.5 Å². The number of nitrogens with two attached hydrogens (primary N) is 1. The van der Waals surface area contributed by atoms with Crippen LogP contribution in [0.3, 0.4) is 0 Å². The zero-order chi connectivity index (χ0) is 14.6. The number of rotatable bonds is 6. The summed E-state index contributed by atoms with van der Waals surface area (Å²) in [6.45, 7) is 3.82. The number of halogens is 1. The molecule has 0 heterocycles. The van der Waals surface area contributed by atoms with Gasteiger partial charge in [0, 0.05) is 24.3 Å². The van der Waals surface area contributed by atoms with Gasteiger partial charge in [-0.05, 0) is 50.3 Å². The van der Waals surface area contributed by atoms with Gasteiger partial charge >= 0.3 is 0 Å². The molecule has 0 aliphatic heterocycles. The van der Waals surface area contributed by atoms with Crippen molar-refractivity contribution in [1.29, 1.82) is 0 Å². The first-order chi connectivity index (χ1) is 9.59. The maximum absolute atomic E-state index is 13.3. The molecule has 112 valence electrons. The van der Waals surface area contributed by atoms with E-state index in [9.17, 15) is 9.50 Å². The Morgan fingerprint density at radius 3 is 2.95 bits per heavy atom. The molecule has 0 radical (unpaired) electrons. The Morgan fingerprint density at radius 1 is 1.50 bits per heavy atom. The lowest BCUT2D eigenvalue weighted by atomic mass is 9.86. The van der Waals surface area contributed by atoms with Crippen molar-refractivity contribution < 1.29 is 9.50 Å². The van der Waals surface area contributed by atoms with Crippen LogP contribution in [0.4, 0.5) is 10.1 Å². The highest BCUT2D eigenvalue weighted by atomic mass is 19.1. The molecule has 1 fully saturated rings. The second-order valence-electron chi connectivity index (χ2n) is 5.83. The van der Waals surface area contributed by atoms with Crippen molar-refractivity contribution in [3.63, 3.8) is 0 Å². The molecular weight excluding hydrogens is 255 g/mol. The number of nitrogens with zero attached hydrogens (tertiary/aromatic N) is 1. The van der Waals surface area contributed by atoms with Crippen LogP contribution in [-0.4, -0.2) is 30.3 Å². The zero-order valence-electron chi connectivity index (χ0n) is 12.2. The van der Waals surface area contributed by atoms with Crippen LogP contribution in [0, 0.1) is 11.7 Å². The number of aliphatic hydroxyl groups is 1. The van der Waals surface area contributed by atoms with Crippen molar-refractivity contribution in [2.75, 3.05) is 24.6 Å². The van der Waals surface area contributed by atoms with Crippen molar-refractivity contribution in [2.45, 2.75) is 38.1 Å². The fourth-order valence-electron chi connectivity index (χ4n) is 3.26. The highest BCUT2D eigenvalue weighted by molar-refractivity contribution is 5.46. The van der Waals surface area contributed by atoms with Gasteiger partial charge in [-0.15, -0.1) is 0 Å². The highest BCUT2D eigenvalue weighted by Crippen LogP contribution is 2.36. The predicted molar refractivity (Wildman–Crippen MR) is 80.2 cm³/mol. The van der Waals surface area contributed by atoms with Crippen LogP contribution >= 0.6 is 0 Å². The molecule has 1 saturated carbocycles. The van der Waals surface area contributed by atoms with Gasteiger partial charge in [0.15, 0.2) is 0 Å². The van der Waals surface area contributed by atoms with E-state index < -0.39 is 5.54 Å². The van der Waals surface area contributed by atoms with Gasteiger partial charge in [-0.2, -0.15) is 0 Å². The molecule has 20 heavy (non-hydrogen) atoms. The topological polar surface area (TPSA) is 49.5 Å². The van der Waals surface area contributed by atoms with Crippen molar-refractivity contribution in [3.05, 3.63) is 30.1 Å². The molecule has 1 aromatic rings. The normalized spacial score (nSPS) is 25.9. The molecule has 1 aliphatic rings. The van der Waals surface area contributed by atoms with Gasteiger partial charge in [-0.25, -0.2) is 4.39 Å². The minimum absolute atomic E-state index is 0.0593. The van der Waals surface area contributed by atoms with Crippen molar-refractivity contribution in [2.24, 2.45) is 11.7 Å². The lowest BCUT2D eigenvalue weighted by Crippen LogP contribution is -2.47. The zero-order valence-corrected chi connectivity index (χ0v) is 12.2. The van der Waals surface area contributed by atoms with E-state index in [2.05, 4.69) is 11.8 Å². The summed E-state index contributed by atoms with van der Waals surface area (Å²) in [6.07, 6.45) is 4.02. The standard InChI is InChI=1S/C16H25FN2O/c1-2-19(15-7-3-6-14(17)11-15)10-8-13-5-4-9-16(13,18)12-20/h3,6-7,11,13,20H,2,4-5,8-10,12,18H2,1H3. The van der Waals surface area contributed by atoms with Crippen LogP contribution in [0.2, 0.25) is 0 Å². The summed E-state index contributed by atoms with van der Waals surface area (Å²) in [5, 5.41) is 9.48. The summed E-state index contributed by atoms with van der Waals surface area (Å²) in [5.74, 6) is 0.153. The Kier molecular flexibility index (Phi) is 5.00. The van der Waals surface area contributed by atoms with E-state index in [1.165, 1.54) is 6.07 Å². The first-order valence-corrected chi connectivity index (χ1v) is 7.49. The molecule has 4 heteroatoms. The largest absolute Gasteiger partial charge is 0.394 e. The number of aliphatic hydroxyl groups excluding tert-OH is 1. The summed E-state index contributed by atoms with van der Waals surface area (Å²) in [6, 6.07) is 6.71. The molecule has 3 nitrogen and oxygen atoms in total. The first kappa shape index (κ1) is 15.3. The maximum Gasteiger partial charge on any atom is 0.125 e. The van der Waals surface area contributed by atoms with Crippen LogP contribution in [0.1, 0.15) is 32.6 Å². The Morgan fingerprint density at radius 2 is 2.30 bits per heavy atom. The third-order valence-electron chi connectivity index (χ3n) is 4.60. The van der Waals surface area contributed by atoms with Crippen LogP contribution in [-0.2, 0) is 0 Å². The molecule has 2 rings (SSSR count). The minimum Gasteiger partial charge on any atom is -0.394 e. The van der Waals surface area contributed by atoms with Gasteiger partial charge in [-0.1, -0.05) is 12.5 Å². The van der Waals surface area contributed by atoms with Crippen LogP contribution in [0.5, 0.6) is 0 Å². The molecule has 0 amide bonds. The third-order valence-corrected chi connectivity index (χ3v) is 4.60. The van der Waals surface area contributed by atoms with E-state index in [4.69, 9.17) is 5.73 Å². The number of hydrogen-bond donors (Lipinski definition) is 2. The first-order valence-electron chi connectivity index (χ1n) is 7.49. The molecule has 2 unspecified atom stereocenters. The fourth-order valence-corrected chi connectivity index (χ4v) is 3.26. The molecule has 0 bridgehead atoms. The number of anilines is 1. The Bertz CT molecular complexity index is 440. The number of hydrogen-bond acceptors (Lipinski definition) is 3. The molecule has 0 aromatic heterocycles. The molecule has 3 N–H and O–H groups in total. The fraction of sp³-hybridized carbons (Fsp3) is 0.625. The maximum atomic E-state index is 13.3.